The molecule has 2 nitrogen and oxygen atoms in total. The summed E-state index contributed by atoms with van der Waals surface area (Å²) in [6.45, 7) is 3.41. The first-order chi connectivity index (χ1) is 10.5. The van der Waals surface area contributed by atoms with Gasteiger partial charge in [-0.3, -0.25) is 0 Å². The molecule has 1 aromatic carbocycles. The highest BCUT2D eigenvalue weighted by Crippen LogP contribution is 2.30. The molecule has 0 unspecified atom stereocenters. The van der Waals surface area contributed by atoms with Crippen LogP contribution in [-0.2, 0) is 4.74 Å². The van der Waals surface area contributed by atoms with Crippen LogP contribution in [0.25, 0.3) is 0 Å². The topological polar surface area (TPSA) is 18.5 Å². The Morgan fingerprint density at radius 1 is 1.09 bits per heavy atom. The fourth-order valence-corrected chi connectivity index (χ4v) is 3.02. The molecule has 0 saturated heterocycles. The molecule has 0 spiro atoms. The van der Waals surface area contributed by atoms with Crippen LogP contribution in [0.5, 0.6) is 5.75 Å². The first-order valence-electron chi connectivity index (χ1n) is 8.23. The third kappa shape index (κ3) is 5.56. The number of rotatable bonds is 7. The molecule has 0 aromatic heterocycles. The van der Waals surface area contributed by atoms with E-state index in [0.717, 1.165) is 37.2 Å². The van der Waals surface area contributed by atoms with E-state index in [9.17, 15) is 8.78 Å². The predicted octanol–water partition coefficient (Wildman–Crippen LogP) is 5.34. The van der Waals surface area contributed by atoms with Crippen LogP contribution < -0.4 is 4.74 Å². The van der Waals surface area contributed by atoms with Crippen molar-refractivity contribution in [3.05, 3.63) is 29.8 Å². The molecule has 0 amide bonds. The van der Waals surface area contributed by atoms with E-state index in [2.05, 4.69) is 6.92 Å². The molecular formula is C18H26F2O2. The molecule has 0 heterocycles. The van der Waals surface area contributed by atoms with Gasteiger partial charge in [0.25, 0.3) is 0 Å². The Morgan fingerprint density at radius 3 is 2.32 bits per heavy atom. The molecule has 22 heavy (non-hydrogen) atoms. The fourth-order valence-electron chi connectivity index (χ4n) is 3.02. The lowest BCUT2D eigenvalue weighted by molar-refractivity contribution is -0.222. The Bertz CT molecular complexity index is 437. The van der Waals surface area contributed by atoms with Crippen LogP contribution in [-0.4, -0.2) is 18.8 Å². The van der Waals surface area contributed by atoms with Crippen molar-refractivity contribution in [1.29, 1.82) is 0 Å². The molecule has 1 fully saturated rings. The van der Waals surface area contributed by atoms with Gasteiger partial charge in [0, 0.05) is 0 Å². The van der Waals surface area contributed by atoms with Gasteiger partial charge in [-0.05, 0) is 50.7 Å². The maximum Gasteiger partial charge on any atom is 0.421 e. The van der Waals surface area contributed by atoms with Crippen LogP contribution >= 0.6 is 0 Å². The van der Waals surface area contributed by atoms with E-state index in [0.29, 0.717) is 0 Å². The van der Waals surface area contributed by atoms with E-state index >= 15 is 0 Å². The highest BCUT2D eigenvalue weighted by molar-refractivity contribution is 5.26. The number of benzene rings is 1. The molecule has 0 aliphatic heterocycles. The SMILES string of the molecule is CCCC1CCC(OCC(F)(F)Oc2ccc(C)cc2)CC1. The van der Waals surface area contributed by atoms with Crippen molar-refractivity contribution in [2.45, 2.75) is 64.6 Å². The molecule has 4 heteroatoms. The standard InChI is InChI=1S/C18H26F2O2/c1-3-4-15-7-11-16(12-8-15)21-13-18(19,20)22-17-9-5-14(2)6-10-17/h5-6,9-10,15-16H,3-4,7-8,11-13H2,1-2H3. The lowest BCUT2D eigenvalue weighted by Crippen LogP contribution is -2.34. The third-order valence-electron chi connectivity index (χ3n) is 4.27. The van der Waals surface area contributed by atoms with Crippen LogP contribution in [0.4, 0.5) is 8.78 Å². The number of aryl methyl sites for hydroxylation is 1. The Balaban J connectivity index is 1.74. The minimum atomic E-state index is -3.28. The Hall–Kier alpha value is -1.16. The zero-order valence-electron chi connectivity index (χ0n) is 13.5. The summed E-state index contributed by atoms with van der Waals surface area (Å²) >= 11 is 0. The largest absolute Gasteiger partial charge is 0.431 e. The molecule has 1 aromatic rings. The van der Waals surface area contributed by atoms with Crippen LogP contribution in [0.2, 0.25) is 0 Å². The highest BCUT2D eigenvalue weighted by Gasteiger charge is 2.34. The molecule has 0 bridgehead atoms. The van der Waals surface area contributed by atoms with Gasteiger partial charge in [-0.25, -0.2) is 0 Å². The van der Waals surface area contributed by atoms with Crippen LogP contribution in [0.1, 0.15) is 51.0 Å². The lowest BCUT2D eigenvalue weighted by atomic mass is 9.85. The number of halogens is 2. The fraction of sp³-hybridized carbons (Fsp3) is 0.667. The number of alkyl halides is 2. The second-order valence-electron chi connectivity index (χ2n) is 6.29. The normalized spacial score (nSPS) is 22.5. The molecular weight excluding hydrogens is 286 g/mol. The van der Waals surface area contributed by atoms with Crippen LogP contribution in [0, 0.1) is 12.8 Å². The van der Waals surface area contributed by atoms with Gasteiger partial charge in [-0.2, -0.15) is 8.78 Å². The van der Waals surface area contributed by atoms with Crippen molar-refractivity contribution >= 4 is 0 Å². The second kappa shape index (κ2) is 7.91. The van der Waals surface area contributed by atoms with Crippen LogP contribution in [0.3, 0.4) is 0 Å². The van der Waals surface area contributed by atoms with Crippen molar-refractivity contribution in [3.63, 3.8) is 0 Å². The molecule has 0 N–H and O–H groups in total. The Kier molecular flexibility index (Phi) is 6.18. The average Bonchev–Trinajstić information content (AvgIpc) is 2.49. The zero-order chi connectivity index (χ0) is 16.0. The molecule has 1 aliphatic carbocycles. The van der Waals surface area contributed by atoms with Gasteiger partial charge < -0.3 is 9.47 Å². The van der Waals surface area contributed by atoms with Gasteiger partial charge in [-0.15, -0.1) is 0 Å². The molecule has 1 aliphatic rings. The van der Waals surface area contributed by atoms with Gasteiger partial charge >= 0.3 is 6.11 Å². The van der Waals surface area contributed by atoms with Gasteiger partial charge in [0.05, 0.1) is 6.10 Å². The van der Waals surface area contributed by atoms with Gasteiger partial charge in [0.1, 0.15) is 5.75 Å². The van der Waals surface area contributed by atoms with Crippen LogP contribution in [0.15, 0.2) is 24.3 Å². The number of ether oxygens (including phenoxy) is 2. The van der Waals surface area contributed by atoms with Gasteiger partial charge in [0.15, 0.2) is 6.61 Å². The molecule has 124 valence electrons. The molecule has 1 saturated carbocycles. The predicted molar refractivity (Wildman–Crippen MR) is 83.4 cm³/mol. The summed E-state index contributed by atoms with van der Waals surface area (Å²) in [5.41, 5.74) is 1.01. The van der Waals surface area contributed by atoms with E-state index in [1.165, 1.54) is 12.8 Å². The van der Waals surface area contributed by atoms with E-state index in [1.54, 1.807) is 24.3 Å². The van der Waals surface area contributed by atoms with Crippen molar-refractivity contribution in [2.75, 3.05) is 6.61 Å². The average molecular weight is 312 g/mol. The molecule has 2 rings (SSSR count). The van der Waals surface area contributed by atoms with Gasteiger partial charge in [-0.1, -0.05) is 37.5 Å². The van der Waals surface area contributed by atoms with E-state index in [1.807, 2.05) is 6.92 Å². The molecule has 0 radical (unpaired) electrons. The Labute approximate surface area is 131 Å². The van der Waals surface area contributed by atoms with E-state index in [4.69, 9.17) is 9.47 Å². The van der Waals surface area contributed by atoms with E-state index < -0.39 is 12.7 Å². The van der Waals surface area contributed by atoms with Crippen molar-refractivity contribution in [1.82, 2.24) is 0 Å². The second-order valence-corrected chi connectivity index (χ2v) is 6.29. The minimum Gasteiger partial charge on any atom is -0.431 e. The Morgan fingerprint density at radius 2 is 1.73 bits per heavy atom. The lowest BCUT2D eigenvalue weighted by Gasteiger charge is -2.29. The highest BCUT2D eigenvalue weighted by atomic mass is 19.3. The first kappa shape index (κ1) is 17.2. The number of hydrogen-bond acceptors (Lipinski definition) is 2. The van der Waals surface area contributed by atoms with Gasteiger partial charge in [0.2, 0.25) is 0 Å². The summed E-state index contributed by atoms with van der Waals surface area (Å²) in [6, 6.07) is 6.61. The number of hydrogen-bond donors (Lipinski definition) is 0. The van der Waals surface area contributed by atoms with Crippen molar-refractivity contribution in [2.24, 2.45) is 5.92 Å². The summed E-state index contributed by atoms with van der Waals surface area (Å²) in [5, 5.41) is 0. The summed E-state index contributed by atoms with van der Waals surface area (Å²) in [4.78, 5) is 0. The molecule has 0 atom stereocenters. The third-order valence-corrected chi connectivity index (χ3v) is 4.27. The van der Waals surface area contributed by atoms with Crippen molar-refractivity contribution < 1.29 is 18.3 Å². The maximum atomic E-state index is 13.8. The minimum absolute atomic E-state index is 0.0550. The smallest absolute Gasteiger partial charge is 0.421 e. The summed E-state index contributed by atoms with van der Waals surface area (Å²) in [5.74, 6) is 0.917. The maximum absolute atomic E-state index is 13.8. The van der Waals surface area contributed by atoms with Crippen molar-refractivity contribution in [3.8, 4) is 5.75 Å². The quantitative estimate of drug-likeness (QED) is 0.676. The summed E-state index contributed by atoms with van der Waals surface area (Å²) < 4.78 is 37.8. The summed E-state index contributed by atoms with van der Waals surface area (Å²) in [7, 11) is 0. The first-order valence-corrected chi connectivity index (χ1v) is 8.23. The zero-order valence-corrected chi connectivity index (χ0v) is 13.5. The summed E-state index contributed by atoms with van der Waals surface area (Å²) in [6.07, 6.45) is 3.02. The van der Waals surface area contributed by atoms with E-state index in [-0.39, 0.29) is 11.9 Å². The monoisotopic (exact) mass is 312 g/mol.